The van der Waals surface area contributed by atoms with Crippen LogP contribution in [0.2, 0.25) is 0 Å². The molecular formula is C22H25N5O. The summed E-state index contributed by atoms with van der Waals surface area (Å²) in [6.45, 7) is 6.16. The second-order valence-corrected chi connectivity index (χ2v) is 7.75. The van der Waals surface area contributed by atoms with Crippen molar-refractivity contribution in [3.8, 4) is 17.1 Å². The number of aryl methyl sites for hydroxylation is 2. The highest BCUT2D eigenvalue weighted by atomic mass is 16.4. The Morgan fingerprint density at radius 2 is 1.79 bits per heavy atom. The highest BCUT2D eigenvalue weighted by molar-refractivity contribution is 5.91. The van der Waals surface area contributed by atoms with Gasteiger partial charge in [-0.15, -0.1) is 0 Å². The number of nitrogens with two attached hydrogens (primary N) is 1. The number of amidine groups is 1. The molecule has 1 aliphatic rings. The van der Waals surface area contributed by atoms with E-state index in [0.717, 1.165) is 46.9 Å². The van der Waals surface area contributed by atoms with Gasteiger partial charge in [0.15, 0.2) is 0 Å². The van der Waals surface area contributed by atoms with Crippen molar-refractivity contribution in [1.29, 1.82) is 0 Å². The highest BCUT2D eigenvalue weighted by Crippen LogP contribution is 2.47. The maximum atomic E-state index is 9.22. The molecule has 3 aromatic heterocycles. The van der Waals surface area contributed by atoms with Gasteiger partial charge >= 0.3 is 0 Å². The van der Waals surface area contributed by atoms with Crippen LogP contribution in [0.4, 0.5) is 0 Å². The van der Waals surface area contributed by atoms with Gasteiger partial charge < -0.3 is 15.5 Å². The van der Waals surface area contributed by atoms with Gasteiger partial charge in [-0.2, -0.15) is 0 Å². The molecule has 1 unspecified atom stereocenters. The number of rotatable bonds is 5. The molecule has 4 rings (SSSR count). The number of hydrogen-bond acceptors (Lipinski definition) is 4. The van der Waals surface area contributed by atoms with Crippen LogP contribution in [0.1, 0.15) is 36.7 Å². The standard InChI is InChI=1S/C22H25N5O/c1-14-4-5-15(2)27(14)20-11-6-16(12-25-20)19-10-9-18(13-24-19)22(3,17-7-8-17)21(23)26-28/h4-6,9-13,17,28H,7-8H2,1-3H3,(H2,23,26). The van der Waals surface area contributed by atoms with Crippen molar-refractivity contribution in [2.75, 3.05) is 0 Å². The Labute approximate surface area is 164 Å². The van der Waals surface area contributed by atoms with E-state index >= 15 is 0 Å². The van der Waals surface area contributed by atoms with Crippen LogP contribution in [0, 0.1) is 19.8 Å². The summed E-state index contributed by atoms with van der Waals surface area (Å²) in [6.07, 6.45) is 5.84. The van der Waals surface area contributed by atoms with Crippen LogP contribution in [-0.2, 0) is 5.41 Å². The number of pyridine rings is 2. The number of hydrogen-bond donors (Lipinski definition) is 2. The first-order valence-electron chi connectivity index (χ1n) is 9.51. The van der Waals surface area contributed by atoms with Crippen LogP contribution in [0.3, 0.4) is 0 Å². The monoisotopic (exact) mass is 375 g/mol. The Morgan fingerprint density at radius 1 is 1.07 bits per heavy atom. The number of aromatic nitrogens is 3. The quantitative estimate of drug-likeness (QED) is 0.306. The molecule has 1 fully saturated rings. The van der Waals surface area contributed by atoms with Gasteiger partial charge in [0.1, 0.15) is 11.7 Å². The van der Waals surface area contributed by atoms with Crippen LogP contribution in [0.25, 0.3) is 17.1 Å². The zero-order valence-electron chi connectivity index (χ0n) is 16.4. The summed E-state index contributed by atoms with van der Waals surface area (Å²) in [5.74, 6) is 1.53. The van der Waals surface area contributed by atoms with Gasteiger partial charge in [0.2, 0.25) is 0 Å². The lowest BCUT2D eigenvalue weighted by Gasteiger charge is -2.28. The molecular weight excluding hydrogens is 350 g/mol. The van der Waals surface area contributed by atoms with Crippen LogP contribution < -0.4 is 5.73 Å². The third-order valence-electron chi connectivity index (χ3n) is 5.94. The molecule has 3 heterocycles. The van der Waals surface area contributed by atoms with Crippen LogP contribution >= 0.6 is 0 Å². The van der Waals surface area contributed by atoms with Crippen molar-refractivity contribution in [3.63, 3.8) is 0 Å². The van der Waals surface area contributed by atoms with E-state index < -0.39 is 5.41 Å². The molecule has 0 amide bonds. The van der Waals surface area contributed by atoms with Gasteiger partial charge in [-0.05, 0) is 75.4 Å². The molecule has 3 aromatic rings. The van der Waals surface area contributed by atoms with E-state index in [4.69, 9.17) is 5.73 Å². The Bertz CT molecular complexity index is 997. The molecule has 0 aromatic carbocycles. The normalized spacial score (nSPS) is 16.8. The van der Waals surface area contributed by atoms with Crippen LogP contribution in [-0.4, -0.2) is 25.6 Å². The Hall–Kier alpha value is -3.15. The summed E-state index contributed by atoms with van der Waals surface area (Å²) >= 11 is 0. The average Bonchev–Trinajstić information content (AvgIpc) is 3.53. The smallest absolute Gasteiger partial charge is 0.149 e. The molecule has 28 heavy (non-hydrogen) atoms. The summed E-state index contributed by atoms with van der Waals surface area (Å²) in [7, 11) is 0. The predicted octanol–water partition coefficient (Wildman–Crippen LogP) is 3.97. The molecule has 0 bridgehead atoms. The molecule has 0 aliphatic heterocycles. The van der Waals surface area contributed by atoms with E-state index in [1.807, 2.05) is 43.6 Å². The summed E-state index contributed by atoms with van der Waals surface area (Å²) in [4.78, 5) is 9.25. The van der Waals surface area contributed by atoms with Gasteiger partial charge in [-0.3, -0.25) is 4.98 Å². The largest absolute Gasteiger partial charge is 0.409 e. The minimum atomic E-state index is -0.480. The molecule has 144 valence electrons. The first kappa shape index (κ1) is 18.2. The summed E-state index contributed by atoms with van der Waals surface area (Å²) in [6, 6.07) is 12.2. The molecule has 1 aliphatic carbocycles. The Kier molecular flexibility index (Phi) is 4.41. The lowest BCUT2D eigenvalue weighted by molar-refractivity contribution is 0.310. The van der Waals surface area contributed by atoms with Gasteiger partial charge in [-0.25, -0.2) is 4.98 Å². The van der Waals surface area contributed by atoms with Gasteiger partial charge in [0.25, 0.3) is 0 Å². The fraction of sp³-hybridized carbons (Fsp3) is 0.318. The van der Waals surface area contributed by atoms with Crippen molar-refractivity contribution in [2.24, 2.45) is 16.8 Å². The van der Waals surface area contributed by atoms with Crippen molar-refractivity contribution in [3.05, 3.63) is 65.7 Å². The van der Waals surface area contributed by atoms with E-state index in [1.165, 1.54) is 0 Å². The zero-order valence-corrected chi connectivity index (χ0v) is 16.4. The minimum absolute atomic E-state index is 0.244. The topological polar surface area (TPSA) is 89.3 Å². The van der Waals surface area contributed by atoms with Gasteiger partial charge in [0.05, 0.1) is 11.1 Å². The molecule has 0 spiro atoms. The summed E-state index contributed by atoms with van der Waals surface area (Å²) < 4.78 is 2.12. The molecule has 1 saturated carbocycles. The molecule has 0 saturated heterocycles. The first-order chi connectivity index (χ1) is 13.4. The van der Waals surface area contributed by atoms with Crippen molar-refractivity contribution >= 4 is 5.84 Å². The van der Waals surface area contributed by atoms with Crippen molar-refractivity contribution in [2.45, 2.75) is 39.0 Å². The van der Waals surface area contributed by atoms with Crippen LogP contribution in [0.15, 0.2) is 53.9 Å². The summed E-state index contributed by atoms with van der Waals surface area (Å²) in [5, 5.41) is 12.5. The van der Waals surface area contributed by atoms with E-state index in [1.54, 1.807) is 0 Å². The molecule has 0 radical (unpaired) electrons. The maximum Gasteiger partial charge on any atom is 0.149 e. The predicted molar refractivity (Wildman–Crippen MR) is 110 cm³/mol. The minimum Gasteiger partial charge on any atom is -0.409 e. The SMILES string of the molecule is Cc1ccc(C)n1-c1ccc(-c2ccc(C(C)(/C(N)=N/O)C3CC3)cn2)cn1. The fourth-order valence-electron chi connectivity index (χ4n) is 3.93. The summed E-state index contributed by atoms with van der Waals surface area (Å²) in [5.41, 5.74) is 10.6. The van der Waals surface area contributed by atoms with E-state index in [0.29, 0.717) is 5.92 Å². The highest BCUT2D eigenvalue weighted by Gasteiger charge is 2.46. The maximum absolute atomic E-state index is 9.22. The van der Waals surface area contributed by atoms with Gasteiger partial charge in [-0.1, -0.05) is 11.2 Å². The number of nitrogens with zero attached hydrogens (tertiary/aromatic N) is 4. The molecule has 6 nitrogen and oxygen atoms in total. The second kappa shape index (κ2) is 6.78. The average molecular weight is 375 g/mol. The zero-order chi connectivity index (χ0) is 19.9. The number of oxime groups is 1. The van der Waals surface area contributed by atoms with Crippen molar-refractivity contribution in [1.82, 2.24) is 14.5 Å². The Morgan fingerprint density at radius 3 is 2.29 bits per heavy atom. The van der Waals surface area contributed by atoms with Crippen LogP contribution in [0.5, 0.6) is 0 Å². The lowest BCUT2D eigenvalue weighted by Crippen LogP contribution is -2.40. The van der Waals surface area contributed by atoms with Gasteiger partial charge in [0, 0.05) is 29.3 Å². The molecule has 3 N–H and O–H groups in total. The first-order valence-corrected chi connectivity index (χ1v) is 9.51. The second-order valence-electron chi connectivity index (χ2n) is 7.75. The van der Waals surface area contributed by atoms with E-state index in [2.05, 4.69) is 45.7 Å². The lowest BCUT2D eigenvalue weighted by atomic mass is 9.77. The van der Waals surface area contributed by atoms with Crippen molar-refractivity contribution < 1.29 is 5.21 Å². The third-order valence-corrected chi connectivity index (χ3v) is 5.94. The molecule has 6 heteroatoms. The van der Waals surface area contributed by atoms with E-state index in [9.17, 15) is 5.21 Å². The molecule has 1 atom stereocenters. The van der Waals surface area contributed by atoms with E-state index in [-0.39, 0.29) is 5.84 Å². The Balaban J connectivity index is 1.63. The third kappa shape index (κ3) is 2.95. The fourth-order valence-corrected chi connectivity index (χ4v) is 3.93.